The number of rotatable bonds is 11. The van der Waals surface area contributed by atoms with Crippen LogP contribution in [-0.4, -0.2) is 18.5 Å². The van der Waals surface area contributed by atoms with Crippen molar-refractivity contribution in [1.29, 1.82) is 0 Å². The third-order valence-corrected chi connectivity index (χ3v) is 6.95. The molecule has 194 valence electrons. The molecule has 36 heavy (non-hydrogen) atoms. The first-order valence-electron chi connectivity index (χ1n) is 13.2. The molecule has 2 aromatic rings. The van der Waals surface area contributed by atoms with Crippen molar-refractivity contribution in [2.45, 2.75) is 71.1 Å². The summed E-state index contributed by atoms with van der Waals surface area (Å²) in [5, 5.41) is 0. The average molecular weight is 493 g/mol. The van der Waals surface area contributed by atoms with Crippen molar-refractivity contribution in [3.63, 3.8) is 0 Å². The summed E-state index contributed by atoms with van der Waals surface area (Å²) in [4.78, 5) is 24.7. The molecule has 2 aromatic carbocycles. The molecule has 0 saturated heterocycles. The van der Waals surface area contributed by atoms with Gasteiger partial charge >= 0.3 is 11.9 Å². The van der Waals surface area contributed by atoms with E-state index in [-0.39, 0.29) is 24.4 Å². The number of hydrogen-bond donors (Lipinski definition) is 2. The van der Waals surface area contributed by atoms with Crippen LogP contribution in [0.25, 0.3) is 6.08 Å². The number of benzene rings is 2. The van der Waals surface area contributed by atoms with Crippen LogP contribution in [0.5, 0.6) is 5.75 Å². The summed E-state index contributed by atoms with van der Waals surface area (Å²) in [7, 11) is 0. The Balaban J connectivity index is 1.41. The molecule has 0 bridgehead atoms. The second-order valence-corrected chi connectivity index (χ2v) is 10.0. The van der Waals surface area contributed by atoms with Crippen LogP contribution >= 0.6 is 0 Å². The van der Waals surface area contributed by atoms with Crippen molar-refractivity contribution in [2.75, 3.05) is 18.1 Å². The second-order valence-electron chi connectivity index (χ2n) is 10.0. The Bertz CT molecular complexity index is 1000. The van der Waals surface area contributed by atoms with E-state index in [1.807, 2.05) is 31.2 Å². The summed E-state index contributed by atoms with van der Waals surface area (Å²) >= 11 is 0. The average Bonchev–Trinajstić information content (AvgIpc) is 2.86. The van der Waals surface area contributed by atoms with E-state index < -0.39 is 5.97 Å². The van der Waals surface area contributed by atoms with E-state index in [0.717, 1.165) is 42.7 Å². The van der Waals surface area contributed by atoms with Crippen LogP contribution in [0.2, 0.25) is 0 Å². The smallest absolute Gasteiger partial charge is 0.330 e. The molecule has 6 nitrogen and oxygen atoms in total. The topological polar surface area (TPSA) is 105 Å². The molecule has 0 amide bonds. The molecular weight excluding hydrogens is 452 g/mol. The zero-order valence-corrected chi connectivity index (χ0v) is 21.6. The van der Waals surface area contributed by atoms with Gasteiger partial charge < -0.3 is 20.9 Å². The highest BCUT2D eigenvalue weighted by molar-refractivity contribution is 5.87. The number of esters is 2. The number of carbonyl (C=O) groups is 2. The zero-order chi connectivity index (χ0) is 25.9. The van der Waals surface area contributed by atoms with Gasteiger partial charge in [-0.2, -0.15) is 0 Å². The lowest BCUT2D eigenvalue weighted by Gasteiger charge is -2.27. The van der Waals surface area contributed by atoms with Gasteiger partial charge in [0, 0.05) is 23.4 Å². The van der Waals surface area contributed by atoms with Gasteiger partial charge in [0.25, 0.3) is 0 Å². The number of anilines is 2. The highest BCUT2D eigenvalue weighted by Crippen LogP contribution is 2.33. The Morgan fingerprint density at radius 3 is 2.31 bits per heavy atom. The predicted molar refractivity (Wildman–Crippen MR) is 145 cm³/mol. The summed E-state index contributed by atoms with van der Waals surface area (Å²) in [6.07, 6.45) is 12.3. The molecule has 6 heteroatoms. The zero-order valence-electron chi connectivity index (χ0n) is 21.6. The van der Waals surface area contributed by atoms with Crippen LogP contribution in [0.1, 0.15) is 82.3 Å². The largest absolute Gasteiger partial charge is 0.462 e. The van der Waals surface area contributed by atoms with Crippen molar-refractivity contribution < 1.29 is 19.1 Å². The fourth-order valence-electron chi connectivity index (χ4n) is 4.72. The van der Waals surface area contributed by atoms with E-state index in [2.05, 4.69) is 6.92 Å². The molecule has 1 aliphatic rings. The Kier molecular flexibility index (Phi) is 10.4. The quantitative estimate of drug-likeness (QED) is 0.122. The third-order valence-electron chi connectivity index (χ3n) is 6.95. The highest BCUT2D eigenvalue weighted by atomic mass is 16.5. The molecule has 1 unspecified atom stereocenters. The summed E-state index contributed by atoms with van der Waals surface area (Å²) in [5.74, 6) is 0.688. The maximum absolute atomic E-state index is 12.6. The lowest BCUT2D eigenvalue weighted by Crippen LogP contribution is -2.25. The van der Waals surface area contributed by atoms with E-state index in [1.165, 1.54) is 31.8 Å². The van der Waals surface area contributed by atoms with E-state index in [4.69, 9.17) is 20.9 Å². The highest BCUT2D eigenvalue weighted by Gasteiger charge is 2.27. The fourth-order valence-corrected chi connectivity index (χ4v) is 4.72. The van der Waals surface area contributed by atoms with E-state index in [0.29, 0.717) is 17.1 Å². The first-order valence-corrected chi connectivity index (χ1v) is 13.2. The van der Waals surface area contributed by atoms with E-state index >= 15 is 0 Å². The second kappa shape index (κ2) is 13.7. The van der Waals surface area contributed by atoms with Crippen LogP contribution < -0.4 is 16.2 Å². The minimum Gasteiger partial charge on any atom is -0.462 e. The number of hydrogen-bond acceptors (Lipinski definition) is 6. The molecule has 4 N–H and O–H groups in total. The Morgan fingerprint density at radius 1 is 1.00 bits per heavy atom. The Labute approximate surface area is 215 Å². The molecule has 0 heterocycles. The fraction of sp³-hybridized carbons (Fsp3) is 0.467. The van der Waals surface area contributed by atoms with Gasteiger partial charge in [-0.15, -0.1) is 0 Å². The summed E-state index contributed by atoms with van der Waals surface area (Å²) < 4.78 is 11.0. The number of nitrogens with two attached hydrogens (primary N) is 2. The molecule has 0 spiro atoms. The molecule has 1 fully saturated rings. The minimum atomic E-state index is -0.431. The van der Waals surface area contributed by atoms with Crippen molar-refractivity contribution >= 4 is 29.4 Å². The Morgan fingerprint density at radius 2 is 1.67 bits per heavy atom. The monoisotopic (exact) mass is 492 g/mol. The van der Waals surface area contributed by atoms with E-state index in [9.17, 15) is 9.59 Å². The van der Waals surface area contributed by atoms with Crippen LogP contribution in [0.3, 0.4) is 0 Å². The van der Waals surface area contributed by atoms with Crippen LogP contribution in [0, 0.1) is 11.8 Å². The standard InChI is InChI=1S/C30H40N2O4/c1-3-4-5-6-22-7-12-24(13-8-22)30(34)36-28-14-9-23(10-15-28)11-16-29(33)35-20-21(2)25-17-26(31)19-27(32)18-25/h9-11,14-19,21-22,24H,3-8,12-13,20,31-32H2,1-2H3. The summed E-state index contributed by atoms with van der Waals surface area (Å²) in [6.45, 7) is 4.40. The van der Waals surface area contributed by atoms with Gasteiger partial charge in [-0.1, -0.05) is 51.7 Å². The molecule has 1 atom stereocenters. The normalized spacial score (nSPS) is 18.6. The van der Waals surface area contributed by atoms with Gasteiger partial charge in [-0.25, -0.2) is 4.79 Å². The lowest BCUT2D eigenvalue weighted by atomic mass is 9.80. The van der Waals surface area contributed by atoms with Gasteiger partial charge in [0.15, 0.2) is 0 Å². The van der Waals surface area contributed by atoms with Crippen LogP contribution in [0.15, 0.2) is 48.5 Å². The molecular formula is C30H40N2O4. The molecule has 1 saturated carbocycles. The third kappa shape index (κ3) is 8.74. The number of ether oxygens (including phenoxy) is 2. The lowest BCUT2D eigenvalue weighted by molar-refractivity contribution is -0.140. The van der Waals surface area contributed by atoms with Gasteiger partial charge in [0.1, 0.15) is 5.75 Å². The van der Waals surface area contributed by atoms with Gasteiger partial charge in [0.05, 0.1) is 12.5 Å². The number of nitrogen functional groups attached to an aromatic ring is 2. The predicted octanol–water partition coefficient (Wildman–Crippen LogP) is 6.50. The summed E-state index contributed by atoms with van der Waals surface area (Å²) in [5.41, 5.74) is 14.6. The van der Waals surface area contributed by atoms with Crippen molar-refractivity contribution in [1.82, 2.24) is 0 Å². The van der Waals surface area contributed by atoms with Crippen molar-refractivity contribution in [2.24, 2.45) is 11.8 Å². The maximum Gasteiger partial charge on any atom is 0.330 e. The van der Waals surface area contributed by atoms with Crippen LogP contribution in [0.4, 0.5) is 11.4 Å². The minimum absolute atomic E-state index is 0.00655. The summed E-state index contributed by atoms with van der Waals surface area (Å²) in [6, 6.07) is 12.5. The molecule has 3 rings (SSSR count). The Hall–Kier alpha value is -3.28. The SMILES string of the molecule is CCCCCC1CCC(C(=O)Oc2ccc(C=CC(=O)OCC(C)c3cc(N)cc(N)c3)cc2)CC1. The van der Waals surface area contributed by atoms with Gasteiger partial charge in [-0.3, -0.25) is 4.79 Å². The van der Waals surface area contributed by atoms with Crippen molar-refractivity contribution in [3.05, 3.63) is 59.7 Å². The molecule has 0 aliphatic heterocycles. The molecule has 0 radical (unpaired) electrons. The number of carbonyl (C=O) groups excluding carboxylic acids is 2. The van der Waals surface area contributed by atoms with Crippen LogP contribution in [-0.2, 0) is 14.3 Å². The molecule has 0 aromatic heterocycles. The van der Waals surface area contributed by atoms with Gasteiger partial charge in [0.2, 0.25) is 0 Å². The maximum atomic E-state index is 12.6. The number of unbranched alkanes of at least 4 members (excludes halogenated alkanes) is 2. The van der Waals surface area contributed by atoms with Gasteiger partial charge in [-0.05, 0) is 79.1 Å². The first-order chi connectivity index (χ1) is 17.3. The molecule has 1 aliphatic carbocycles. The van der Waals surface area contributed by atoms with E-state index in [1.54, 1.807) is 24.3 Å². The van der Waals surface area contributed by atoms with Crippen molar-refractivity contribution in [3.8, 4) is 5.75 Å². The first kappa shape index (κ1) is 27.3.